The average molecular weight is 269 g/mol. The lowest BCUT2D eigenvalue weighted by Gasteiger charge is -2.34. The van der Waals surface area contributed by atoms with E-state index < -0.39 is 16.1 Å². The summed E-state index contributed by atoms with van der Waals surface area (Å²) in [6.45, 7) is 0. The van der Waals surface area contributed by atoms with Gasteiger partial charge in [0.05, 0.1) is 17.0 Å². The van der Waals surface area contributed by atoms with E-state index in [0.717, 1.165) is 19.3 Å². The number of aliphatic hydroxyl groups is 1. The maximum atomic E-state index is 12.4. The second-order valence-corrected chi connectivity index (χ2v) is 6.75. The molecule has 18 heavy (non-hydrogen) atoms. The Kier molecular flexibility index (Phi) is 4.04. The summed E-state index contributed by atoms with van der Waals surface area (Å²) in [4.78, 5) is 0.283. The van der Waals surface area contributed by atoms with Crippen molar-refractivity contribution in [1.29, 1.82) is 0 Å². The Morgan fingerprint density at radius 3 is 2.39 bits per heavy atom. The topological polar surface area (TPSA) is 57.6 Å². The molecule has 0 unspecified atom stereocenters. The summed E-state index contributed by atoms with van der Waals surface area (Å²) in [5.74, 6) is 0. The fourth-order valence-electron chi connectivity index (χ4n) is 2.45. The van der Waals surface area contributed by atoms with E-state index in [-0.39, 0.29) is 10.9 Å². The first-order valence-electron chi connectivity index (χ1n) is 6.24. The monoisotopic (exact) mass is 269 g/mol. The zero-order chi connectivity index (χ0) is 13.2. The van der Waals surface area contributed by atoms with Gasteiger partial charge in [0.15, 0.2) is 0 Å². The van der Waals surface area contributed by atoms with Gasteiger partial charge in [0.25, 0.3) is 0 Å². The fraction of sp³-hybridized carbons (Fsp3) is 0.538. The average Bonchev–Trinajstić information content (AvgIpc) is 2.39. The summed E-state index contributed by atoms with van der Waals surface area (Å²) in [6, 6.07) is 8.07. The molecule has 0 saturated heterocycles. The number of nitrogens with zero attached hydrogens (tertiary/aromatic N) is 1. The molecule has 1 aromatic carbocycles. The maximum Gasteiger partial charge on any atom is 0.243 e. The van der Waals surface area contributed by atoms with E-state index in [2.05, 4.69) is 0 Å². The molecule has 0 aromatic heterocycles. The van der Waals surface area contributed by atoms with Crippen molar-refractivity contribution in [3.63, 3.8) is 0 Å². The Morgan fingerprint density at radius 2 is 1.78 bits per heavy atom. The van der Waals surface area contributed by atoms with Crippen molar-refractivity contribution in [2.75, 3.05) is 7.05 Å². The van der Waals surface area contributed by atoms with Crippen LogP contribution in [0.3, 0.4) is 0 Å². The first-order valence-corrected chi connectivity index (χ1v) is 7.68. The standard InChI is InChI=1S/C13H19NO3S/c1-14(12-9-5-6-10-13(12)15)18(16,17)11-7-3-2-4-8-11/h2-4,7-8,12-13,15H,5-6,9-10H2,1H3/t12-,13-/m1/s1. The van der Waals surface area contributed by atoms with Crippen molar-refractivity contribution in [3.05, 3.63) is 30.3 Å². The van der Waals surface area contributed by atoms with Crippen LogP contribution in [0.4, 0.5) is 0 Å². The lowest BCUT2D eigenvalue weighted by Crippen LogP contribution is -2.46. The molecule has 0 radical (unpaired) electrons. The Hall–Kier alpha value is -0.910. The normalized spacial score (nSPS) is 25.3. The third-order valence-corrected chi connectivity index (χ3v) is 5.48. The molecule has 100 valence electrons. The zero-order valence-electron chi connectivity index (χ0n) is 10.5. The van der Waals surface area contributed by atoms with Crippen LogP contribution in [0, 0.1) is 0 Å². The van der Waals surface area contributed by atoms with Gasteiger partial charge in [-0.25, -0.2) is 8.42 Å². The summed E-state index contributed by atoms with van der Waals surface area (Å²) in [6.07, 6.45) is 2.79. The Morgan fingerprint density at radius 1 is 1.17 bits per heavy atom. The second-order valence-electron chi connectivity index (χ2n) is 4.75. The van der Waals surface area contributed by atoms with Gasteiger partial charge >= 0.3 is 0 Å². The molecule has 0 amide bonds. The van der Waals surface area contributed by atoms with Crippen molar-refractivity contribution >= 4 is 10.0 Å². The third kappa shape index (κ3) is 2.58. The predicted molar refractivity (Wildman–Crippen MR) is 69.7 cm³/mol. The zero-order valence-corrected chi connectivity index (χ0v) is 11.3. The molecule has 1 saturated carbocycles. The Balaban J connectivity index is 2.25. The first-order chi connectivity index (χ1) is 8.53. The molecule has 0 heterocycles. The minimum absolute atomic E-state index is 0.283. The van der Waals surface area contributed by atoms with Gasteiger partial charge in [-0.1, -0.05) is 31.0 Å². The van der Waals surface area contributed by atoms with Crippen LogP contribution in [0.25, 0.3) is 0 Å². The number of likely N-dealkylation sites (N-methyl/N-ethyl adjacent to an activating group) is 1. The van der Waals surface area contributed by atoms with Crippen molar-refractivity contribution in [2.24, 2.45) is 0 Å². The third-order valence-electron chi connectivity index (χ3n) is 3.58. The van der Waals surface area contributed by atoms with Crippen LogP contribution in [0.2, 0.25) is 0 Å². The lowest BCUT2D eigenvalue weighted by atomic mass is 9.93. The minimum Gasteiger partial charge on any atom is -0.391 e. The van der Waals surface area contributed by atoms with Gasteiger partial charge in [-0.15, -0.1) is 0 Å². The highest BCUT2D eigenvalue weighted by molar-refractivity contribution is 7.89. The Labute approximate surface area is 108 Å². The summed E-state index contributed by atoms with van der Waals surface area (Å²) >= 11 is 0. The molecule has 0 bridgehead atoms. The van der Waals surface area contributed by atoms with Gasteiger partial charge < -0.3 is 5.11 Å². The number of benzene rings is 1. The molecule has 1 aromatic rings. The molecule has 1 fully saturated rings. The van der Waals surface area contributed by atoms with Crippen molar-refractivity contribution in [3.8, 4) is 0 Å². The SMILES string of the molecule is CN([C@@H]1CCCC[C@H]1O)S(=O)(=O)c1ccccc1. The van der Waals surface area contributed by atoms with Crippen LogP contribution in [0.5, 0.6) is 0 Å². The molecule has 2 atom stereocenters. The van der Waals surface area contributed by atoms with Crippen molar-refractivity contribution in [2.45, 2.75) is 42.7 Å². The van der Waals surface area contributed by atoms with Crippen LogP contribution < -0.4 is 0 Å². The van der Waals surface area contributed by atoms with E-state index in [9.17, 15) is 13.5 Å². The molecular weight excluding hydrogens is 250 g/mol. The van der Waals surface area contributed by atoms with Gasteiger partial charge in [-0.2, -0.15) is 4.31 Å². The highest BCUT2D eigenvalue weighted by atomic mass is 32.2. The summed E-state index contributed by atoms with van der Waals surface area (Å²) in [5.41, 5.74) is 0. The van der Waals surface area contributed by atoms with Crippen LogP contribution in [-0.4, -0.2) is 37.0 Å². The minimum atomic E-state index is -3.50. The van der Waals surface area contributed by atoms with E-state index >= 15 is 0 Å². The smallest absolute Gasteiger partial charge is 0.243 e. The van der Waals surface area contributed by atoms with Crippen LogP contribution in [0.1, 0.15) is 25.7 Å². The lowest BCUT2D eigenvalue weighted by molar-refractivity contribution is 0.0638. The molecule has 1 aliphatic rings. The maximum absolute atomic E-state index is 12.4. The second kappa shape index (κ2) is 5.38. The largest absolute Gasteiger partial charge is 0.391 e. The quantitative estimate of drug-likeness (QED) is 0.907. The van der Waals surface area contributed by atoms with E-state index in [0.29, 0.717) is 6.42 Å². The summed E-state index contributed by atoms with van der Waals surface area (Å²) < 4.78 is 26.1. The highest BCUT2D eigenvalue weighted by Gasteiger charge is 2.33. The predicted octanol–water partition coefficient (Wildman–Crippen LogP) is 1.61. The number of rotatable bonds is 3. The fourth-order valence-corrected chi connectivity index (χ4v) is 3.89. The number of hydrogen-bond donors (Lipinski definition) is 1. The molecular formula is C13H19NO3S. The van der Waals surface area contributed by atoms with Crippen LogP contribution >= 0.6 is 0 Å². The molecule has 1 N–H and O–H groups in total. The molecule has 2 rings (SSSR count). The number of hydrogen-bond acceptors (Lipinski definition) is 3. The molecule has 0 aliphatic heterocycles. The van der Waals surface area contributed by atoms with Gasteiger partial charge in [0.2, 0.25) is 10.0 Å². The van der Waals surface area contributed by atoms with Crippen molar-refractivity contribution in [1.82, 2.24) is 4.31 Å². The molecule has 4 nitrogen and oxygen atoms in total. The van der Waals surface area contributed by atoms with Gasteiger partial charge in [-0.05, 0) is 25.0 Å². The van der Waals surface area contributed by atoms with Crippen LogP contribution in [0.15, 0.2) is 35.2 Å². The van der Waals surface area contributed by atoms with Gasteiger partial charge in [-0.3, -0.25) is 0 Å². The van der Waals surface area contributed by atoms with Crippen LogP contribution in [-0.2, 0) is 10.0 Å². The summed E-state index contributed by atoms with van der Waals surface area (Å²) in [7, 11) is -1.94. The van der Waals surface area contributed by atoms with E-state index in [1.807, 2.05) is 0 Å². The highest BCUT2D eigenvalue weighted by Crippen LogP contribution is 2.26. The summed E-state index contributed by atoms with van der Waals surface area (Å²) in [5, 5.41) is 9.94. The Bertz CT molecular complexity index is 486. The molecule has 0 spiro atoms. The molecule has 1 aliphatic carbocycles. The van der Waals surface area contributed by atoms with Gasteiger partial charge in [0.1, 0.15) is 0 Å². The first kappa shape index (κ1) is 13.5. The molecule has 5 heteroatoms. The van der Waals surface area contributed by atoms with E-state index in [4.69, 9.17) is 0 Å². The van der Waals surface area contributed by atoms with E-state index in [1.54, 1.807) is 37.4 Å². The van der Waals surface area contributed by atoms with Gasteiger partial charge in [0, 0.05) is 7.05 Å². The number of aliphatic hydroxyl groups excluding tert-OH is 1. The van der Waals surface area contributed by atoms with Crippen molar-refractivity contribution < 1.29 is 13.5 Å². The number of sulfonamides is 1. The van der Waals surface area contributed by atoms with E-state index in [1.165, 1.54) is 4.31 Å².